The van der Waals surface area contributed by atoms with Gasteiger partial charge in [-0.1, -0.05) is 6.07 Å². The Bertz CT molecular complexity index is 1520. The van der Waals surface area contributed by atoms with E-state index >= 15 is 0 Å². The van der Waals surface area contributed by atoms with E-state index in [4.69, 9.17) is 9.15 Å². The lowest BCUT2D eigenvalue weighted by Gasteiger charge is -2.32. The predicted molar refractivity (Wildman–Crippen MR) is 120 cm³/mol. The number of sulfonamides is 1. The van der Waals surface area contributed by atoms with E-state index in [1.165, 1.54) is 6.33 Å². The Kier molecular flexibility index (Phi) is 4.57. The molecule has 0 amide bonds. The van der Waals surface area contributed by atoms with Crippen molar-refractivity contribution in [2.24, 2.45) is 0 Å². The molecular weight excluding hydrogens is 428 g/mol. The maximum Gasteiger partial charge on any atom is 0.229 e. The van der Waals surface area contributed by atoms with Crippen LogP contribution in [0.25, 0.3) is 21.9 Å². The number of hydrogen-bond acceptors (Lipinski definition) is 7. The number of anilines is 1. The molecule has 2 aromatic carbocycles. The maximum absolute atomic E-state index is 11.8. The number of fused-ring (bicyclic) bond motifs is 4. The molecule has 162 valence electrons. The molecule has 0 spiro atoms. The highest BCUT2D eigenvalue weighted by Crippen LogP contribution is 2.46. The summed E-state index contributed by atoms with van der Waals surface area (Å²) < 4.78 is 37.7. The Balaban J connectivity index is 1.78. The zero-order valence-electron chi connectivity index (χ0n) is 17.5. The Morgan fingerprint density at radius 1 is 1.28 bits per heavy atom. The minimum atomic E-state index is -3.45. The van der Waals surface area contributed by atoms with E-state index in [0.717, 1.165) is 28.5 Å². The quantitative estimate of drug-likeness (QED) is 0.506. The Hall–Kier alpha value is -3.64. The van der Waals surface area contributed by atoms with Gasteiger partial charge in [-0.05, 0) is 54.7 Å². The summed E-state index contributed by atoms with van der Waals surface area (Å²) in [5, 5.41) is 11.8. The molecule has 8 nitrogen and oxygen atoms in total. The minimum Gasteiger partial charge on any atom is -0.493 e. The van der Waals surface area contributed by atoms with Crippen molar-refractivity contribution < 1.29 is 17.6 Å². The lowest BCUT2D eigenvalue weighted by Crippen LogP contribution is -2.32. The van der Waals surface area contributed by atoms with Gasteiger partial charge in [-0.15, -0.1) is 0 Å². The smallest absolute Gasteiger partial charge is 0.229 e. The molecular formula is C23H20N4O4S. The van der Waals surface area contributed by atoms with Gasteiger partial charge in [0.2, 0.25) is 10.0 Å². The number of methoxy groups -OCH3 is 1. The maximum atomic E-state index is 11.8. The van der Waals surface area contributed by atoms with E-state index in [9.17, 15) is 13.7 Å². The highest BCUT2D eigenvalue weighted by atomic mass is 32.2. The van der Waals surface area contributed by atoms with Crippen molar-refractivity contribution in [3.05, 3.63) is 59.7 Å². The Labute approximate surface area is 184 Å². The summed E-state index contributed by atoms with van der Waals surface area (Å²) in [6.07, 6.45) is 6.15. The lowest BCUT2D eigenvalue weighted by atomic mass is 9.68. The van der Waals surface area contributed by atoms with Gasteiger partial charge in [0, 0.05) is 28.4 Å². The number of nitriles is 1. The van der Waals surface area contributed by atoms with E-state index in [2.05, 4.69) is 20.8 Å². The summed E-state index contributed by atoms with van der Waals surface area (Å²) in [7, 11) is -1.89. The second-order valence-electron chi connectivity index (χ2n) is 8.07. The van der Waals surface area contributed by atoms with E-state index in [1.54, 1.807) is 31.5 Å². The first-order chi connectivity index (χ1) is 15.3. The van der Waals surface area contributed by atoms with E-state index in [0.29, 0.717) is 47.3 Å². The molecule has 1 N–H and O–H groups in total. The van der Waals surface area contributed by atoms with Crippen molar-refractivity contribution in [1.29, 1.82) is 5.26 Å². The lowest BCUT2D eigenvalue weighted by molar-refractivity contribution is 0.411. The normalized spacial score (nSPS) is 18.3. The number of rotatable bonds is 4. The fourth-order valence-electron chi connectivity index (χ4n) is 4.58. The summed E-state index contributed by atoms with van der Waals surface area (Å²) in [6.45, 7) is 0. The Morgan fingerprint density at radius 2 is 2.12 bits per heavy atom. The zero-order chi connectivity index (χ0) is 22.5. The second-order valence-corrected chi connectivity index (χ2v) is 9.82. The van der Waals surface area contributed by atoms with Crippen molar-refractivity contribution >= 4 is 37.6 Å². The van der Waals surface area contributed by atoms with E-state index in [1.807, 2.05) is 12.1 Å². The van der Waals surface area contributed by atoms with E-state index < -0.39 is 15.4 Å². The first-order valence-electron chi connectivity index (χ1n) is 10.0. The Morgan fingerprint density at radius 3 is 2.88 bits per heavy atom. The fraction of sp³-hybridized carbons (Fsp3) is 0.261. The van der Waals surface area contributed by atoms with Crippen LogP contribution < -0.4 is 9.46 Å². The van der Waals surface area contributed by atoms with E-state index in [-0.39, 0.29) is 0 Å². The summed E-state index contributed by atoms with van der Waals surface area (Å²) in [6, 6.07) is 11.4. The van der Waals surface area contributed by atoms with Crippen LogP contribution in [0.5, 0.6) is 5.75 Å². The van der Waals surface area contributed by atoms with Crippen molar-refractivity contribution in [1.82, 2.24) is 9.97 Å². The molecule has 2 heterocycles. The summed E-state index contributed by atoms with van der Waals surface area (Å²) in [4.78, 5) is 8.51. The van der Waals surface area contributed by atoms with Gasteiger partial charge in [0.25, 0.3) is 0 Å². The van der Waals surface area contributed by atoms with Crippen LogP contribution >= 0.6 is 0 Å². The molecule has 0 fully saturated rings. The fourth-order valence-corrected chi connectivity index (χ4v) is 5.14. The number of nitrogens with one attached hydrogen (secondary N) is 1. The minimum absolute atomic E-state index is 0.421. The van der Waals surface area contributed by atoms with Crippen molar-refractivity contribution in [3.63, 3.8) is 0 Å². The third-order valence-electron chi connectivity index (χ3n) is 6.00. The standard InChI is InChI=1S/C23H20N4O4S/c1-30-20-6-4-17(23(12-24)8-7-18-14(10-23)11-25-13-26-18)21-16-9-15(27-32(2,28)29)3-5-19(16)31-22(20)21/h3-6,9,11,13,27H,7-8,10H2,1-2H3. The molecule has 4 aromatic rings. The van der Waals surface area contributed by atoms with Gasteiger partial charge in [-0.2, -0.15) is 5.26 Å². The molecule has 9 heteroatoms. The van der Waals surface area contributed by atoms with Crippen LogP contribution in [-0.4, -0.2) is 31.8 Å². The molecule has 0 saturated heterocycles. The molecule has 32 heavy (non-hydrogen) atoms. The third-order valence-corrected chi connectivity index (χ3v) is 6.60. The monoisotopic (exact) mass is 448 g/mol. The number of nitrogens with zero attached hydrogens (tertiary/aromatic N) is 3. The van der Waals surface area contributed by atoms with Gasteiger partial charge in [0.15, 0.2) is 11.3 Å². The highest BCUT2D eigenvalue weighted by Gasteiger charge is 2.39. The molecule has 2 aromatic heterocycles. The number of aryl methyl sites for hydroxylation is 1. The second kappa shape index (κ2) is 7.21. The summed E-state index contributed by atoms with van der Waals surface area (Å²) in [5.74, 6) is 0.546. The van der Waals surface area contributed by atoms with Crippen LogP contribution in [0.15, 0.2) is 47.3 Å². The molecule has 0 aliphatic heterocycles. The molecule has 0 saturated carbocycles. The number of benzene rings is 2. The molecule has 1 atom stereocenters. The van der Waals surface area contributed by atoms with Gasteiger partial charge in [-0.3, -0.25) is 4.72 Å². The molecule has 0 radical (unpaired) electrons. The van der Waals surface area contributed by atoms with Crippen LogP contribution in [0.3, 0.4) is 0 Å². The van der Waals surface area contributed by atoms with Crippen LogP contribution in [0.1, 0.15) is 23.2 Å². The molecule has 1 aliphatic carbocycles. The van der Waals surface area contributed by atoms with Crippen LogP contribution in [-0.2, 0) is 28.3 Å². The molecule has 0 bridgehead atoms. The number of hydrogen-bond donors (Lipinski definition) is 1. The highest BCUT2D eigenvalue weighted by molar-refractivity contribution is 7.92. The third kappa shape index (κ3) is 3.24. The SMILES string of the molecule is COc1ccc(C2(C#N)CCc3ncncc3C2)c2c1oc1ccc(NS(C)(=O)=O)cc12. The first-order valence-corrected chi connectivity index (χ1v) is 11.9. The molecule has 5 rings (SSSR count). The number of furan rings is 1. The largest absolute Gasteiger partial charge is 0.493 e. The molecule has 1 aliphatic rings. The summed E-state index contributed by atoms with van der Waals surface area (Å²) >= 11 is 0. The van der Waals surface area contributed by atoms with Gasteiger partial charge in [-0.25, -0.2) is 18.4 Å². The van der Waals surface area contributed by atoms with Crippen LogP contribution in [0.4, 0.5) is 5.69 Å². The molecule has 1 unspecified atom stereocenters. The summed E-state index contributed by atoms with van der Waals surface area (Å²) in [5.41, 5.74) is 3.46. The van der Waals surface area contributed by atoms with Crippen LogP contribution in [0.2, 0.25) is 0 Å². The average Bonchev–Trinajstić information content (AvgIpc) is 3.16. The number of aromatic nitrogens is 2. The first kappa shape index (κ1) is 20.3. The van der Waals surface area contributed by atoms with Gasteiger partial charge >= 0.3 is 0 Å². The van der Waals surface area contributed by atoms with Crippen LogP contribution in [0, 0.1) is 11.3 Å². The predicted octanol–water partition coefficient (Wildman–Crippen LogP) is 3.71. The van der Waals surface area contributed by atoms with Crippen molar-refractivity contribution in [3.8, 4) is 11.8 Å². The zero-order valence-corrected chi connectivity index (χ0v) is 18.4. The van der Waals surface area contributed by atoms with Crippen molar-refractivity contribution in [2.75, 3.05) is 18.1 Å². The van der Waals surface area contributed by atoms with Crippen molar-refractivity contribution in [2.45, 2.75) is 24.7 Å². The van der Waals surface area contributed by atoms with Gasteiger partial charge < -0.3 is 9.15 Å². The van der Waals surface area contributed by atoms with Gasteiger partial charge in [0.1, 0.15) is 11.9 Å². The number of ether oxygens (including phenoxy) is 1. The topological polar surface area (TPSA) is 118 Å². The average molecular weight is 449 g/mol. The van der Waals surface area contributed by atoms with Gasteiger partial charge in [0.05, 0.1) is 24.8 Å².